The molecule has 0 bridgehead atoms. The molecule has 4 rings (SSSR count). The van der Waals surface area contributed by atoms with Crippen LogP contribution >= 0.6 is 23.4 Å². The molecule has 1 unspecified atom stereocenters. The fourth-order valence-electron chi connectivity index (χ4n) is 3.42. The van der Waals surface area contributed by atoms with Gasteiger partial charge in [0, 0.05) is 15.5 Å². The Bertz CT molecular complexity index is 1080. The van der Waals surface area contributed by atoms with Crippen LogP contribution in [-0.2, 0) is 17.9 Å². The van der Waals surface area contributed by atoms with Crippen LogP contribution in [0.3, 0.4) is 0 Å². The molecule has 1 aliphatic heterocycles. The summed E-state index contributed by atoms with van der Waals surface area (Å²) >= 11 is 7.92. The van der Waals surface area contributed by atoms with Gasteiger partial charge < -0.3 is 14.6 Å². The molecule has 0 saturated heterocycles. The van der Waals surface area contributed by atoms with E-state index in [1.54, 1.807) is 35.4 Å². The number of furan rings is 1. The molecule has 154 valence electrons. The van der Waals surface area contributed by atoms with Crippen LogP contribution < -0.4 is 10.2 Å². The Morgan fingerprint density at radius 2 is 2.07 bits per heavy atom. The van der Waals surface area contributed by atoms with E-state index in [9.17, 15) is 9.59 Å². The summed E-state index contributed by atoms with van der Waals surface area (Å²) in [6.45, 7) is 4.54. The van der Waals surface area contributed by atoms with Crippen LogP contribution in [0.2, 0.25) is 5.02 Å². The maximum atomic E-state index is 13.0. The Kier molecular flexibility index (Phi) is 5.88. The lowest BCUT2D eigenvalue weighted by atomic mass is 10.1. The Hall–Kier alpha value is -2.70. The van der Waals surface area contributed by atoms with E-state index in [2.05, 4.69) is 5.32 Å². The van der Waals surface area contributed by atoms with Crippen molar-refractivity contribution in [3.05, 3.63) is 82.3 Å². The number of nitrogens with one attached hydrogen (secondary N) is 1. The molecule has 1 N–H and O–H groups in total. The molecule has 1 aliphatic rings. The van der Waals surface area contributed by atoms with Gasteiger partial charge in [-0.25, -0.2) is 0 Å². The van der Waals surface area contributed by atoms with Crippen molar-refractivity contribution in [1.29, 1.82) is 0 Å². The second-order valence-corrected chi connectivity index (χ2v) is 8.95. The van der Waals surface area contributed by atoms with Gasteiger partial charge in [0.1, 0.15) is 5.76 Å². The fourth-order valence-corrected chi connectivity index (χ4v) is 4.75. The predicted octanol–water partition coefficient (Wildman–Crippen LogP) is 5.20. The van der Waals surface area contributed by atoms with Gasteiger partial charge in [0.2, 0.25) is 5.91 Å². The largest absolute Gasteiger partial charge is 0.467 e. The summed E-state index contributed by atoms with van der Waals surface area (Å²) in [5, 5.41) is 3.26. The number of hydrogen-bond acceptors (Lipinski definition) is 4. The van der Waals surface area contributed by atoms with Crippen LogP contribution in [0.15, 0.2) is 64.1 Å². The number of nitrogens with zero attached hydrogens (tertiary/aromatic N) is 1. The molecule has 1 atom stereocenters. The van der Waals surface area contributed by atoms with Crippen molar-refractivity contribution in [1.82, 2.24) is 5.32 Å². The maximum Gasteiger partial charge on any atom is 0.251 e. The van der Waals surface area contributed by atoms with E-state index in [0.29, 0.717) is 29.4 Å². The number of aryl methyl sites for hydroxylation is 1. The van der Waals surface area contributed by atoms with E-state index in [1.807, 2.05) is 38.1 Å². The molecule has 0 aliphatic carbocycles. The van der Waals surface area contributed by atoms with Crippen molar-refractivity contribution in [2.24, 2.45) is 0 Å². The van der Waals surface area contributed by atoms with E-state index >= 15 is 0 Å². The van der Waals surface area contributed by atoms with Crippen LogP contribution in [0.25, 0.3) is 0 Å². The van der Waals surface area contributed by atoms with Gasteiger partial charge in [-0.15, -0.1) is 11.8 Å². The molecule has 5 nitrogen and oxygen atoms in total. The molecular weight excluding hydrogens is 420 g/mol. The highest BCUT2D eigenvalue weighted by atomic mass is 35.5. The van der Waals surface area contributed by atoms with Gasteiger partial charge in [-0.1, -0.05) is 23.7 Å². The molecule has 2 heterocycles. The van der Waals surface area contributed by atoms with Gasteiger partial charge in [-0.05, 0) is 61.4 Å². The SMILES string of the molecule is Cc1cccc(Cl)c1CN1C(=O)C(C)Sc2ccc(C(=O)NCc3ccco3)cc21. The van der Waals surface area contributed by atoms with E-state index in [1.165, 1.54) is 11.8 Å². The third-order valence-corrected chi connectivity index (χ3v) is 6.61. The topological polar surface area (TPSA) is 62.6 Å². The number of amides is 2. The minimum absolute atomic E-state index is 0.0000338. The summed E-state index contributed by atoms with van der Waals surface area (Å²) in [7, 11) is 0. The van der Waals surface area contributed by atoms with E-state index in [0.717, 1.165) is 21.7 Å². The van der Waals surface area contributed by atoms with Crippen molar-refractivity contribution in [2.75, 3.05) is 4.90 Å². The summed E-state index contributed by atoms with van der Waals surface area (Å²) in [6.07, 6.45) is 1.57. The first kappa shape index (κ1) is 20.6. The predicted molar refractivity (Wildman–Crippen MR) is 119 cm³/mol. The number of carbonyl (C=O) groups is 2. The Labute approximate surface area is 184 Å². The number of fused-ring (bicyclic) bond motifs is 1. The van der Waals surface area contributed by atoms with Crippen LogP contribution in [0.1, 0.15) is 34.2 Å². The number of thioether (sulfide) groups is 1. The average molecular weight is 441 g/mol. The minimum atomic E-state index is -0.223. The van der Waals surface area contributed by atoms with Crippen LogP contribution in [0.5, 0.6) is 0 Å². The first-order valence-electron chi connectivity index (χ1n) is 9.60. The molecule has 2 amide bonds. The zero-order valence-corrected chi connectivity index (χ0v) is 18.2. The van der Waals surface area contributed by atoms with Crippen LogP contribution in [0.4, 0.5) is 5.69 Å². The molecule has 7 heteroatoms. The van der Waals surface area contributed by atoms with E-state index in [4.69, 9.17) is 16.0 Å². The highest BCUT2D eigenvalue weighted by Gasteiger charge is 2.32. The lowest BCUT2D eigenvalue weighted by Crippen LogP contribution is -2.39. The maximum absolute atomic E-state index is 13.0. The Morgan fingerprint density at radius 3 is 2.80 bits per heavy atom. The fraction of sp³-hybridized carbons (Fsp3) is 0.217. The van der Waals surface area contributed by atoms with Gasteiger partial charge in [0.15, 0.2) is 0 Å². The van der Waals surface area contributed by atoms with Crippen LogP contribution in [0, 0.1) is 6.92 Å². The molecule has 2 aromatic carbocycles. The van der Waals surface area contributed by atoms with Crippen molar-refractivity contribution in [2.45, 2.75) is 37.1 Å². The highest BCUT2D eigenvalue weighted by molar-refractivity contribution is 8.01. The van der Waals surface area contributed by atoms with Gasteiger partial charge in [0.05, 0.1) is 30.3 Å². The summed E-state index contributed by atoms with van der Waals surface area (Å²) in [4.78, 5) is 28.4. The molecule has 1 aromatic heterocycles. The van der Waals surface area contributed by atoms with Crippen LogP contribution in [-0.4, -0.2) is 17.1 Å². The highest BCUT2D eigenvalue weighted by Crippen LogP contribution is 2.41. The quantitative estimate of drug-likeness (QED) is 0.592. The second-order valence-electron chi connectivity index (χ2n) is 7.16. The van der Waals surface area contributed by atoms with Crippen molar-refractivity contribution < 1.29 is 14.0 Å². The summed E-state index contributed by atoms with van der Waals surface area (Å²) < 4.78 is 5.26. The monoisotopic (exact) mass is 440 g/mol. The number of hydrogen-bond donors (Lipinski definition) is 1. The number of halogens is 1. The molecule has 0 saturated carbocycles. The zero-order chi connectivity index (χ0) is 21.3. The molecular formula is C23H21ClN2O3S. The normalized spacial score (nSPS) is 15.8. The standard InChI is InChI=1S/C23H21ClN2O3S/c1-14-5-3-7-19(24)18(14)13-26-20-11-16(8-9-21(20)30-15(2)23(26)28)22(27)25-12-17-6-4-10-29-17/h3-11,15H,12-13H2,1-2H3,(H,25,27). The number of benzene rings is 2. The Morgan fingerprint density at radius 1 is 1.23 bits per heavy atom. The lowest BCUT2D eigenvalue weighted by molar-refractivity contribution is -0.118. The lowest BCUT2D eigenvalue weighted by Gasteiger charge is -2.33. The number of anilines is 1. The second kappa shape index (κ2) is 8.58. The van der Waals surface area contributed by atoms with Crippen molar-refractivity contribution in [3.63, 3.8) is 0 Å². The Balaban J connectivity index is 1.64. The minimum Gasteiger partial charge on any atom is -0.467 e. The molecule has 0 radical (unpaired) electrons. The smallest absolute Gasteiger partial charge is 0.251 e. The van der Waals surface area contributed by atoms with Gasteiger partial charge in [-0.3, -0.25) is 9.59 Å². The first-order valence-corrected chi connectivity index (χ1v) is 10.9. The van der Waals surface area contributed by atoms with Crippen molar-refractivity contribution >= 4 is 40.9 Å². The molecule has 3 aromatic rings. The molecule has 0 fully saturated rings. The molecule has 0 spiro atoms. The average Bonchev–Trinajstić information content (AvgIpc) is 3.25. The van der Waals surface area contributed by atoms with E-state index in [-0.39, 0.29) is 17.1 Å². The van der Waals surface area contributed by atoms with Gasteiger partial charge >= 0.3 is 0 Å². The third-order valence-electron chi connectivity index (χ3n) is 5.10. The zero-order valence-electron chi connectivity index (χ0n) is 16.6. The first-order chi connectivity index (χ1) is 14.4. The third kappa shape index (κ3) is 4.11. The summed E-state index contributed by atoms with van der Waals surface area (Å²) in [5.74, 6) is 0.454. The molecule has 30 heavy (non-hydrogen) atoms. The summed E-state index contributed by atoms with van der Waals surface area (Å²) in [6, 6.07) is 14.7. The summed E-state index contributed by atoms with van der Waals surface area (Å²) in [5.41, 5.74) is 3.15. The number of rotatable bonds is 5. The van der Waals surface area contributed by atoms with Gasteiger partial charge in [0.25, 0.3) is 5.91 Å². The number of carbonyl (C=O) groups excluding carboxylic acids is 2. The van der Waals surface area contributed by atoms with Crippen molar-refractivity contribution in [3.8, 4) is 0 Å². The van der Waals surface area contributed by atoms with Gasteiger partial charge in [-0.2, -0.15) is 0 Å². The van der Waals surface area contributed by atoms with E-state index < -0.39 is 0 Å².